The molecule has 0 fully saturated rings. The van der Waals surface area contributed by atoms with Crippen molar-refractivity contribution in [3.05, 3.63) is 77.4 Å². The molecule has 0 bridgehead atoms. The van der Waals surface area contributed by atoms with Gasteiger partial charge in [0.05, 0.1) is 46.7 Å². The summed E-state index contributed by atoms with van der Waals surface area (Å²) in [4.78, 5) is 32.1. The summed E-state index contributed by atoms with van der Waals surface area (Å²) in [6, 6.07) is 7.95. The maximum absolute atomic E-state index is 13.9. The summed E-state index contributed by atoms with van der Waals surface area (Å²) in [7, 11) is 1.54. The number of benzene rings is 2. The van der Waals surface area contributed by atoms with Crippen LogP contribution in [-0.2, 0) is 9.53 Å². The molecule has 3 heterocycles. The van der Waals surface area contributed by atoms with Crippen LogP contribution in [0.1, 0.15) is 44.9 Å². The molecule has 2 aliphatic heterocycles. The molecule has 204 valence electrons. The number of esters is 1. The van der Waals surface area contributed by atoms with Gasteiger partial charge in [-0.05, 0) is 63.1 Å². The highest BCUT2D eigenvalue weighted by molar-refractivity contribution is 7.07. The van der Waals surface area contributed by atoms with Gasteiger partial charge < -0.3 is 23.7 Å². The van der Waals surface area contributed by atoms with Gasteiger partial charge in [-0.1, -0.05) is 29.0 Å². The number of hydrogen-bond acceptors (Lipinski definition) is 9. The Morgan fingerprint density at radius 2 is 1.97 bits per heavy atom. The predicted molar refractivity (Wildman–Crippen MR) is 147 cm³/mol. The lowest BCUT2D eigenvalue weighted by Gasteiger charge is -2.25. The molecule has 3 aromatic rings. The Hall–Kier alpha value is -3.76. The molecule has 1 aromatic heterocycles. The van der Waals surface area contributed by atoms with Crippen LogP contribution in [0, 0.1) is 0 Å². The molecule has 0 N–H and O–H groups in total. The van der Waals surface area contributed by atoms with Gasteiger partial charge in [0.15, 0.2) is 27.8 Å². The van der Waals surface area contributed by atoms with Crippen molar-refractivity contribution in [1.29, 1.82) is 0 Å². The van der Waals surface area contributed by atoms with E-state index in [9.17, 15) is 9.59 Å². The van der Waals surface area contributed by atoms with Crippen LogP contribution in [0.3, 0.4) is 0 Å². The molecule has 0 unspecified atom stereocenters. The fourth-order valence-electron chi connectivity index (χ4n) is 4.50. The monoisotopic (exact) mass is 570 g/mol. The van der Waals surface area contributed by atoms with Gasteiger partial charge in [0, 0.05) is 6.07 Å². The molecule has 1 atom stereocenters. The first-order valence-electron chi connectivity index (χ1n) is 12.3. The highest BCUT2D eigenvalue weighted by Crippen LogP contribution is 2.38. The van der Waals surface area contributed by atoms with Crippen LogP contribution in [0.5, 0.6) is 23.0 Å². The normalized spacial score (nSPS) is 16.3. The van der Waals surface area contributed by atoms with E-state index in [-0.39, 0.29) is 30.6 Å². The Morgan fingerprint density at radius 1 is 1.23 bits per heavy atom. The van der Waals surface area contributed by atoms with Crippen LogP contribution in [0.25, 0.3) is 6.08 Å². The number of halogens is 1. The average Bonchev–Trinajstić information content (AvgIpc) is 3.46. The molecule has 0 aliphatic carbocycles. The summed E-state index contributed by atoms with van der Waals surface area (Å²) in [6.45, 7) is 7.59. The first-order valence-corrected chi connectivity index (χ1v) is 13.5. The summed E-state index contributed by atoms with van der Waals surface area (Å²) in [5.74, 6) is 1.59. The van der Waals surface area contributed by atoms with E-state index in [2.05, 4.69) is 4.99 Å². The Labute approximate surface area is 233 Å². The smallest absolute Gasteiger partial charge is 0.338 e. The highest BCUT2D eigenvalue weighted by atomic mass is 35.5. The molecule has 0 saturated heterocycles. The molecular weight excluding hydrogens is 544 g/mol. The number of allylic oxidation sites excluding steroid dienone is 1. The van der Waals surface area contributed by atoms with Gasteiger partial charge in [0.2, 0.25) is 6.79 Å². The number of aromatic nitrogens is 1. The second-order valence-corrected chi connectivity index (χ2v) is 10.5. The molecule has 0 radical (unpaired) electrons. The van der Waals surface area contributed by atoms with Crippen LogP contribution in [0.2, 0.25) is 5.02 Å². The van der Waals surface area contributed by atoms with E-state index < -0.39 is 12.0 Å². The lowest BCUT2D eigenvalue weighted by atomic mass is 9.95. The lowest BCUT2D eigenvalue weighted by Crippen LogP contribution is -2.40. The van der Waals surface area contributed by atoms with Crippen molar-refractivity contribution in [2.45, 2.75) is 39.8 Å². The van der Waals surface area contributed by atoms with Crippen LogP contribution in [0.15, 0.2) is 51.4 Å². The van der Waals surface area contributed by atoms with Crippen molar-refractivity contribution in [3.8, 4) is 23.0 Å². The second kappa shape index (κ2) is 10.8. The molecule has 0 spiro atoms. The third-order valence-electron chi connectivity index (χ3n) is 6.16. The van der Waals surface area contributed by atoms with E-state index in [1.165, 1.54) is 15.9 Å². The Bertz CT molecular complexity index is 1670. The van der Waals surface area contributed by atoms with Crippen molar-refractivity contribution in [3.63, 3.8) is 0 Å². The first-order chi connectivity index (χ1) is 18.7. The van der Waals surface area contributed by atoms with Gasteiger partial charge >= 0.3 is 5.97 Å². The molecule has 0 saturated carbocycles. The van der Waals surface area contributed by atoms with Crippen molar-refractivity contribution in [1.82, 2.24) is 4.57 Å². The molecular formula is C28H27ClN2O7S. The van der Waals surface area contributed by atoms with Gasteiger partial charge in [-0.25, -0.2) is 9.79 Å². The molecule has 11 heteroatoms. The van der Waals surface area contributed by atoms with Gasteiger partial charge in [0.25, 0.3) is 5.56 Å². The number of nitrogens with zero attached hydrogens (tertiary/aromatic N) is 2. The van der Waals surface area contributed by atoms with Crippen LogP contribution in [0.4, 0.5) is 0 Å². The maximum Gasteiger partial charge on any atom is 0.338 e. The van der Waals surface area contributed by atoms with Gasteiger partial charge in [-0.2, -0.15) is 0 Å². The first kappa shape index (κ1) is 26.8. The molecule has 0 amide bonds. The largest absolute Gasteiger partial charge is 0.493 e. The van der Waals surface area contributed by atoms with E-state index in [1.54, 1.807) is 51.3 Å². The quantitative estimate of drug-likeness (QED) is 0.396. The Morgan fingerprint density at radius 3 is 2.67 bits per heavy atom. The maximum atomic E-state index is 13.9. The SMILES string of the molecule is CCOC(=O)C1=C(C)N=c2s/c(=C/c3cc4c(cc3Cl)OCO4)c(=O)n2[C@@H]1c1ccc(OC(C)C)c(OC)c1. The van der Waals surface area contributed by atoms with E-state index in [0.29, 0.717) is 54.2 Å². The van der Waals surface area contributed by atoms with Gasteiger partial charge in [0.1, 0.15) is 0 Å². The van der Waals surface area contributed by atoms with E-state index in [1.807, 2.05) is 19.9 Å². The fourth-order valence-corrected chi connectivity index (χ4v) is 5.74. The van der Waals surface area contributed by atoms with Gasteiger partial charge in [-0.15, -0.1) is 0 Å². The highest BCUT2D eigenvalue weighted by Gasteiger charge is 2.34. The molecule has 5 rings (SSSR count). The summed E-state index contributed by atoms with van der Waals surface area (Å²) in [5.41, 5.74) is 1.66. The van der Waals surface area contributed by atoms with Gasteiger partial charge in [-0.3, -0.25) is 9.36 Å². The third kappa shape index (κ3) is 5.02. The van der Waals surface area contributed by atoms with Crippen LogP contribution < -0.4 is 33.8 Å². The zero-order valence-electron chi connectivity index (χ0n) is 22.1. The predicted octanol–water partition coefficient (Wildman–Crippen LogP) is 3.98. The summed E-state index contributed by atoms with van der Waals surface area (Å²) in [5, 5.41) is 0.413. The zero-order valence-corrected chi connectivity index (χ0v) is 23.6. The van der Waals surface area contributed by atoms with Crippen molar-refractivity contribution in [2.24, 2.45) is 4.99 Å². The zero-order chi connectivity index (χ0) is 27.8. The third-order valence-corrected chi connectivity index (χ3v) is 7.47. The molecule has 2 aromatic carbocycles. The standard InChI is InChI=1S/C28H27ClN2O7S/c1-6-35-27(33)24-15(4)30-28-31(25(24)16-7-8-19(38-14(2)3)20(9-16)34-5)26(32)23(39-28)11-17-10-21-22(12-18(17)29)37-13-36-21/h7-12,14,25H,6,13H2,1-5H3/b23-11+/t25-/m1/s1. The van der Waals surface area contributed by atoms with E-state index in [0.717, 1.165) is 0 Å². The number of rotatable bonds is 7. The average molecular weight is 571 g/mol. The molecule has 39 heavy (non-hydrogen) atoms. The Balaban J connectivity index is 1.70. The summed E-state index contributed by atoms with van der Waals surface area (Å²) < 4.78 is 29.6. The van der Waals surface area contributed by atoms with E-state index >= 15 is 0 Å². The number of ether oxygens (including phenoxy) is 5. The van der Waals surface area contributed by atoms with Crippen LogP contribution >= 0.6 is 22.9 Å². The minimum Gasteiger partial charge on any atom is -0.493 e. The molecule has 2 aliphatic rings. The Kier molecular flexibility index (Phi) is 7.42. The van der Waals surface area contributed by atoms with Crippen molar-refractivity contribution >= 4 is 35.0 Å². The number of thiazole rings is 1. The summed E-state index contributed by atoms with van der Waals surface area (Å²) >= 11 is 7.68. The fraction of sp³-hybridized carbons (Fsp3) is 0.321. The number of carbonyl (C=O) groups excluding carboxylic acids is 1. The molecule has 9 nitrogen and oxygen atoms in total. The number of hydrogen-bond donors (Lipinski definition) is 0. The minimum atomic E-state index is -0.795. The number of methoxy groups -OCH3 is 1. The summed E-state index contributed by atoms with van der Waals surface area (Å²) in [6.07, 6.45) is 1.62. The van der Waals surface area contributed by atoms with Crippen LogP contribution in [-0.4, -0.2) is 37.1 Å². The lowest BCUT2D eigenvalue weighted by molar-refractivity contribution is -0.139. The number of carbonyl (C=O) groups is 1. The van der Waals surface area contributed by atoms with Crippen molar-refractivity contribution < 1.29 is 28.5 Å². The van der Waals surface area contributed by atoms with E-state index in [4.69, 9.17) is 35.3 Å². The van der Waals surface area contributed by atoms with Crippen molar-refractivity contribution in [2.75, 3.05) is 20.5 Å². The second-order valence-electron chi connectivity index (χ2n) is 9.11. The topological polar surface area (TPSA) is 97.6 Å². The number of fused-ring (bicyclic) bond motifs is 2. The minimum absolute atomic E-state index is 0.0670.